The van der Waals surface area contributed by atoms with Gasteiger partial charge in [0.15, 0.2) is 6.10 Å². The maximum Gasteiger partial charge on any atom is 0.416 e. The van der Waals surface area contributed by atoms with Crippen molar-refractivity contribution in [3.05, 3.63) is 35.5 Å². The van der Waals surface area contributed by atoms with Crippen LogP contribution < -0.4 is 16.0 Å². The van der Waals surface area contributed by atoms with Crippen LogP contribution >= 0.6 is 9.24 Å². The molecule has 1 saturated heterocycles. The zero-order chi connectivity index (χ0) is 23.4. The maximum atomic E-state index is 14.2. The summed E-state index contributed by atoms with van der Waals surface area (Å²) in [6.07, 6.45) is -6.75. The molecule has 4 heterocycles. The number of nitrogens with one attached hydrogen (secondary N) is 1. The number of pyridine rings is 2. The normalized spacial score (nSPS) is 23.6. The molecule has 1 fully saturated rings. The molecule has 4 atom stereocenters. The van der Waals surface area contributed by atoms with Crippen molar-refractivity contribution in [2.24, 2.45) is 11.7 Å². The highest BCUT2D eigenvalue weighted by Gasteiger charge is 2.45. The van der Waals surface area contributed by atoms with Gasteiger partial charge in [-0.1, -0.05) is 16.2 Å². The molecule has 0 spiro atoms. The summed E-state index contributed by atoms with van der Waals surface area (Å²) in [5.74, 6) is -0.175. The van der Waals surface area contributed by atoms with Gasteiger partial charge < -0.3 is 15.4 Å². The Morgan fingerprint density at radius 2 is 1.97 bits per heavy atom. The lowest BCUT2D eigenvalue weighted by molar-refractivity contribution is -0.137. The molecule has 32 heavy (non-hydrogen) atoms. The second-order valence-corrected chi connectivity index (χ2v) is 8.62. The number of hydrogen-bond acceptors (Lipinski definition) is 6. The minimum Gasteiger partial charge on any atom is -0.434 e. The van der Waals surface area contributed by atoms with E-state index in [1.165, 1.54) is 21.5 Å². The van der Waals surface area contributed by atoms with Gasteiger partial charge in [0.1, 0.15) is 11.6 Å². The van der Waals surface area contributed by atoms with Crippen LogP contribution in [0.4, 0.5) is 38.4 Å². The van der Waals surface area contributed by atoms with Crippen LogP contribution in [0.1, 0.15) is 24.2 Å². The number of amides is 1. The number of hydrogen-bond donors (Lipinski definition) is 2. The average Bonchev–Trinajstić information content (AvgIpc) is 3.03. The van der Waals surface area contributed by atoms with Gasteiger partial charge in [0, 0.05) is 30.9 Å². The van der Waals surface area contributed by atoms with Crippen molar-refractivity contribution < 1.29 is 31.5 Å². The monoisotopic (exact) mass is 475 g/mol. The van der Waals surface area contributed by atoms with E-state index in [2.05, 4.69) is 15.3 Å². The van der Waals surface area contributed by atoms with E-state index in [1.54, 1.807) is 4.90 Å². The van der Waals surface area contributed by atoms with Crippen molar-refractivity contribution in [1.82, 2.24) is 9.97 Å². The summed E-state index contributed by atoms with van der Waals surface area (Å²) >= 11 is 0. The molecule has 2 aliphatic rings. The predicted octanol–water partition coefficient (Wildman–Crippen LogP) is 4.02. The topological polar surface area (TPSA) is 93.4 Å². The Morgan fingerprint density at radius 3 is 2.56 bits per heavy atom. The number of aromatic nitrogens is 2. The average molecular weight is 475 g/mol. The van der Waals surface area contributed by atoms with E-state index in [0.29, 0.717) is 13.1 Å². The molecule has 0 radical (unpaired) electrons. The number of nitrogens with two attached hydrogens (primary N) is 1. The minimum absolute atomic E-state index is 0.0233. The smallest absolute Gasteiger partial charge is 0.416 e. The van der Waals surface area contributed by atoms with Gasteiger partial charge in [-0.2, -0.15) is 22.0 Å². The Hall–Kier alpha value is -2.59. The van der Waals surface area contributed by atoms with Crippen molar-refractivity contribution in [1.29, 1.82) is 0 Å². The molecule has 3 unspecified atom stereocenters. The standard InChI is InChI=1S/C19H19F5N5O2P/c1-8-6-29(7-11(8)25)13-5-9(18(20,21)22)4-12(27-13)10-2-3-26-16-14(10)15(19(23,24)32)31-17(30)28-16/h2-5,8,11,15H,6-7,25,32H2,1H3,(H,26,28,30)/t8?,11?,15-/m1/s1. The summed E-state index contributed by atoms with van der Waals surface area (Å²) in [7, 11) is 1.28. The first-order valence-corrected chi connectivity index (χ1v) is 10.2. The number of carbonyl (C=O) groups excluding carboxylic acids is 1. The van der Waals surface area contributed by atoms with Crippen molar-refractivity contribution in [3.63, 3.8) is 0 Å². The fraction of sp³-hybridized carbons (Fsp3) is 0.421. The van der Waals surface area contributed by atoms with Gasteiger partial charge in [-0.05, 0) is 24.1 Å². The van der Waals surface area contributed by atoms with E-state index in [-0.39, 0.29) is 40.4 Å². The molecule has 0 saturated carbocycles. The summed E-state index contributed by atoms with van der Waals surface area (Å²) in [6, 6.07) is 2.69. The fourth-order valence-electron chi connectivity index (χ4n) is 3.78. The number of alkyl halides is 5. The number of ether oxygens (including phenoxy) is 1. The van der Waals surface area contributed by atoms with Crippen LogP contribution in [0.2, 0.25) is 0 Å². The quantitative estimate of drug-likeness (QED) is 0.515. The first-order valence-electron chi connectivity index (χ1n) is 9.58. The Morgan fingerprint density at radius 1 is 1.25 bits per heavy atom. The van der Waals surface area contributed by atoms with E-state index in [9.17, 15) is 26.7 Å². The van der Waals surface area contributed by atoms with Gasteiger partial charge in [0.25, 0.3) is 5.66 Å². The zero-order valence-corrected chi connectivity index (χ0v) is 17.8. The molecule has 7 nitrogen and oxygen atoms in total. The summed E-state index contributed by atoms with van der Waals surface area (Å²) in [6.45, 7) is 2.58. The van der Waals surface area contributed by atoms with Crippen LogP contribution in [0.15, 0.2) is 24.4 Å². The highest BCUT2D eigenvalue weighted by molar-refractivity contribution is 7.18. The van der Waals surface area contributed by atoms with Crippen LogP contribution in [0.3, 0.4) is 0 Å². The molecule has 2 aromatic heterocycles. The first-order chi connectivity index (χ1) is 14.8. The lowest BCUT2D eigenvalue weighted by Gasteiger charge is -2.31. The Labute approximate surface area is 181 Å². The molecule has 3 N–H and O–H groups in total. The SMILES string of the molecule is CC1CN(c2cc(C(F)(F)F)cc(-c3ccnc4c3[C@H](C(F)(F)P)OC(=O)N4)n2)CC1N. The van der Waals surface area contributed by atoms with E-state index in [4.69, 9.17) is 10.5 Å². The van der Waals surface area contributed by atoms with Crippen LogP contribution in [-0.2, 0) is 10.9 Å². The number of carbonyl (C=O) groups is 1. The molecular formula is C19H19F5N5O2P. The molecule has 13 heteroatoms. The van der Waals surface area contributed by atoms with Crippen LogP contribution in [0.25, 0.3) is 11.3 Å². The van der Waals surface area contributed by atoms with Crippen molar-refractivity contribution in [2.75, 3.05) is 23.3 Å². The molecule has 2 aromatic rings. The van der Waals surface area contributed by atoms with E-state index in [0.717, 1.165) is 12.1 Å². The third kappa shape index (κ3) is 4.21. The minimum atomic E-state index is -4.71. The fourth-order valence-corrected chi connectivity index (χ4v) is 4.02. The summed E-state index contributed by atoms with van der Waals surface area (Å²) in [4.78, 5) is 21.5. The lowest BCUT2D eigenvalue weighted by Crippen LogP contribution is -2.33. The van der Waals surface area contributed by atoms with E-state index >= 15 is 0 Å². The van der Waals surface area contributed by atoms with Gasteiger partial charge in [-0.15, -0.1) is 0 Å². The third-order valence-electron chi connectivity index (χ3n) is 5.46. The molecule has 4 rings (SSSR count). The number of halogens is 5. The largest absolute Gasteiger partial charge is 0.434 e. The highest BCUT2D eigenvalue weighted by Crippen LogP contribution is 2.48. The van der Waals surface area contributed by atoms with Crippen molar-refractivity contribution in [3.8, 4) is 11.3 Å². The number of nitrogens with zero attached hydrogens (tertiary/aromatic N) is 3. The number of rotatable bonds is 3. The van der Waals surface area contributed by atoms with E-state index < -0.39 is 29.6 Å². The van der Waals surface area contributed by atoms with Crippen molar-refractivity contribution in [2.45, 2.75) is 30.9 Å². The second-order valence-electron chi connectivity index (χ2n) is 7.85. The molecule has 0 aromatic carbocycles. The Balaban J connectivity index is 1.90. The lowest BCUT2D eigenvalue weighted by atomic mass is 9.98. The van der Waals surface area contributed by atoms with Gasteiger partial charge in [0.05, 0.1) is 16.8 Å². The highest BCUT2D eigenvalue weighted by atomic mass is 31.0. The van der Waals surface area contributed by atoms with Gasteiger partial charge in [-0.25, -0.2) is 14.8 Å². The van der Waals surface area contributed by atoms with Crippen molar-refractivity contribution >= 4 is 27.0 Å². The number of anilines is 2. The second kappa shape index (κ2) is 7.77. The van der Waals surface area contributed by atoms with Gasteiger partial charge >= 0.3 is 12.3 Å². The van der Waals surface area contributed by atoms with Crippen LogP contribution in [0, 0.1) is 5.92 Å². The van der Waals surface area contributed by atoms with Crippen LogP contribution in [0.5, 0.6) is 0 Å². The summed E-state index contributed by atoms with van der Waals surface area (Å²) in [5.41, 5.74) is 0.868. The van der Waals surface area contributed by atoms with Crippen LogP contribution in [-0.4, -0.2) is 40.9 Å². The van der Waals surface area contributed by atoms with Gasteiger partial charge in [0.2, 0.25) is 0 Å². The number of cyclic esters (lactones) is 1. The molecule has 2 aliphatic heterocycles. The van der Waals surface area contributed by atoms with E-state index in [1.807, 2.05) is 6.92 Å². The molecule has 1 amide bonds. The van der Waals surface area contributed by atoms with Gasteiger partial charge in [-0.3, -0.25) is 5.32 Å². The summed E-state index contributed by atoms with van der Waals surface area (Å²) in [5, 5.41) is 2.21. The molecule has 0 bridgehead atoms. The molecule has 172 valence electrons. The molecular weight excluding hydrogens is 456 g/mol. The third-order valence-corrected chi connectivity index (χ3v) is 5.76. The zero-order valence-electron chi connectivity index (χ0n) is 16.7. The number of fused-ring (bicyclic) bond motifs is 1. The molecule has 0 aliphatic carbocycles. The maximum absolute atomic E-state index is 14.2. The predicted molar refractivity (Wildman–Crippen MR) is 109 cm³/mol. The summed E-state index contributed by atoms with van der Waals surface area (Å²) < 4.78 is 74.3. The Bertz CT molecular complexity index is 1050. The Kier molecular flexibility index (Phi) is 5.49. The first kappa shape index (κ1) is 22.6.